The lowest BCUT2D eigenvalue weighted by atomic mass is 10.3. The lowest BCUT2D eigenvalue weighted by Gasteiger charge is -2.08. The average Bonchev–Trinajstić information content (AvgIpc) is 2.40. The summed E-state index contributed by atoms with van der Waals surface area (Å²) in [5.74, 6) is 0.0794. The third kappa shape index (κ3) is 6.24. The van der Waals surface area contributed by atoms with Gasteiger partial charge in [-0.1, -0.05) is 30.4 Å². The molecule has 1 aromatic rings. The molecule has 20 heavy (non-hydrogen) atoms. The Morgan fingerprint density at radius 2 is 2.05 bits per heavy atom. The summed E-state index contributed by atoms with van der Waals surface area (Å²) in [6.07, 6.45) is 7.09. The van der Waals surface area contributed by atoms with Crippen molar-refractivity contribution < 1.29 is 9.59 Å². The number of primary amides is 1. The van der Waals surface area contributed by atoms with Crippen LogP contribution in [0.3, 0.4) is 0 Å². The fraction of sp³-hybridized carbons (Fsp3) is 0.200. The number of carbonyl (C=O) groups excluding carboxylic acids is 2. The predicted molar refractivity (Wildman–Crippen MR) is 83.6 cm³/mol. The number of carbonyl (C=O) groups is 2. The van der Waals surface area contributed by atoms with Crippen LogP contribution in [-0.2, 0) is 9.59 Å². The zero-order chi connectivity index (χ0) is 14.8. The number of hydrogen-bond acceptors (Lipinski definition) is 3. The number of allylic oxidation sites excluding steroid dienone is 3. The fourth-order valence-electron chi connectivity index (χ4n) is 1.39. The molecule has 0 heterocycles. The van der Waals surface area contributed by atoms with Crippen LogP contribution in [0.15, 0.2) is 53.5 Å². The summed E-state index contributed by atoms with van der Waals surface area (Å²) in [6.45, 7) is 1.88. The first kappa shape index (κ1) is 16.0. The van der Waals surface area contributed by atoms with Gasteiger partial charge < -0.3 is 11.1 Å². The molecule has 106 valence electrons. The third-order valence-corrected chi connectivity index (χ3v) is 3.38. The molecule has 0 atom stereocenters. The maximum atomic E-state index is 11.7. The molecule has 2 amide bonds. The summed E-state index contributed by atoms with van der Waals surface area (Å²) in [4.78, 5) is 23.3. The molecule has 1 rings (SSSR count). The topological polar surface area (TPSA) is 72.2 Å². The van der Waals surface area contributed by atoms with Gasteiger partial charge in [0.05, 0.1) is 5.69 Å². The molecule has 0 saturated heterocycles. The maximum Gasteiger partial charge on any atom is 0.248 e. The first-order valence-corrected chi connectivity index (χ1v) is 7.22. The molecule has 3 N–H and O–H groups in total. The van der Waals surface area contributed by atoms with Gasteiger partial charge >= 0.3 is 0 Å². The second-order valence-electron chi connectivity index (χ2n) is 3.94. The van der Waals surface area contributed by atoms with Gasteiger partial charge in [0.2, 0.25) is 11.8 Å². The molecule has 1 aromatic carbocycles. The maximum absolute atomic E-state index is 11.7. The minimum absolute atomic E-state index is 0.189. The van der Waals surface area contributed by atoms with E-state index in [1.165, 1.54) is 17.8 Å². The number of nitrogens with two attached hydrogens (primary N) is 1. The Morgan fingerprint density at radius 3 is 2.75 bits per heavy atom. The summed E-state index contributed by atoms with van der Waals surface area (Å²) in [5.41, 5.74) is 5.84. The van der Waals surface area contributed by atoms with Crippen LogP contribution in [0.25, 0.3) is 0 Å². The van der Waals surface area contributed by atoms with E-state index in [0.29, 0.717) is 12.2 Å². The van der Waals surface area contributed by atoms with Gasteiger partial charge in [0, 0.05) is 23.1 Å². The zero-order valence-electron chi connectivity index (χ0n) is 11.3. The Bertz CT molecular complexity index is 524. The number of para-hydroxylation sites is 1. The van der Waals surface area contributed by atoms with Gasteiger partial charge in [-0.3, -0.25) is 9.59 Å². The Balaban J connectivity index is 2.65. The van der Waals surface area contributed by atoms with E-state index < -0.39 is 0 Å². The van der Waals surface area contributed by atoms with Crippen LogP contribution in [0.5, 0.6) is 0 Å². The normalized spacial score (nSPS) is 11.1. The van der Waals surface area contributed by atoms with Crippen molar-refractivity contribution in [2.75, 3.05) is 11.1 Å². The molecule has 5 heteroatoms. The number of rotatable bonds is 7. The van der Waals surface area contributed by atoms with E-state index in [1.807, 2.05) is 37.3 Å². The Morgan fingerprint density at radius 1 is 1.30 bits per heavy atom. The molecule has 4 nitrogen and oxygen atoms in total. The summed E-state index contributed by atoms with van der Waals surface area (Å²) in [7, 11) is 0. The Hall–Kier alpha value is -2.01. The van der Waals surface area contributed by atoms with Crippen molar-refractivity contribution in [2.45, 2.75) is 18.2 Å². The fourth-order valence-corrected chi connectivity index (χ4v) is 2.36. The van der Waals surface area contributed by atoms with Crippen LogP contribution in [0.4, 0.5) is 5.69 Å². The van der Waals surface area contributed by atoms with E-state index in [2.05, 4.69) is 5.32 Å². The van der Waals surface area contributed by atoms with Crippen LogP contribution < -0.4 is 11.1 Å². The van der Waals surface area contributed by atoms with Crippen molar-refractivity contribution in [2.24, 2.45) is 5.73 Å². The monoisotopic (exact) mass is 290 g/mol. The SMILES string of the molecule is CC=CC=CC(=O)Nc1ccccc1SCCC(N)=O. The zero-order valence-corrected chi connectivity index (χ0v) is 12.2. The second kappa shape index (κ2) is 8.98. The van der Waals surface area contributed by atoms with Gasteiger partial charge in [0.15, 0.2) is 0 Å². The smallest absolute Gasteiger partial charge is 0.248 e. The van der Waals surface area contributed by atoms with Crippen molar-refractivity contribution in [3.05, 3.63) is 48.6 Å². The number of anilines is 1. The summed E-state index contributed by atoms with van der Waals surface area (Å²) in [5, 5.41) is 2.81. The van der Waals surface area contributed by atoms with Crippen molar-refractivity contribution in [3.8, 4) is 0 Å². The molecule has 0 bridgehead atoms. The number of nitrogens with one attached hydrogen (secondary N) is 1. The van der Waals surface area contributed by atoms with Gasteiger partial charge in [-0.25, -0.2) is 0 Å². The minimum atomic E-state index is -0.326. The Kier molecular flexibility index (Phi) is 7.21. The Labute approximate surface area is 123 Å². The molecule has 0 aromatic heterocycles. The molecular formula is C15H18N2O2S. The van der Waals surface area contributed by atoms with E-state index in [1.54, 1.807) is 12.2 Å². The highest BCUT2D eigenvalue weighted by Crippen LogP contribution is 2.27. The van der Waals surface area contributed by atoms with Crippen LogP contribution in [0, 0.1) is 0 Å². The highest BCUT2D eigenvalue weighted by atomic mass is 32.2. The van der Waals surface area contributed by atoms with Crippen LogP contribution in [0.1, 0.15) is 13.3 Å². The molecule has 0 spiro atoms. The molecule has 0 saturated carbocycles. The highest BCUT2D eigenvalue weighted by Gasteiger charge is 2.05. The molecule has 0 aliphatic rings. The van der Waals surface area contributed by atoms with Crippen molar-refractivity contribution in [1.29, 1.82) is 0 Å². The van der Waals surface area contributed by atoms with E-state index in [9.17, 15) is 9.59 Å². The highest BCUT2D eigenvalue weighted by molar-refractivity contribution is 7.99. The van der Waals surface area contributed by atoms with Crippen LogP contribution in [0.2, 0.25) is 0 Å². The first-order valence-electron chi connectivity index (χ1n) is 6.24. The van der Waals surface area contributed by atoms with Gasteiger partial charge in [0.1, 0.15) is 0 Å². The molecular weight excluding hydrogens is 272 g/mol. The van der Waals surface area contributed by atoms with Gasteiger partial charge in [-0.05, 0) is 19.1 Å². The standard InChI is InChI=1S/C15H18N2O2S/c1-2-3-4-9-15(19)17-12-7-5-6-8-13(12)20-11-10-14(16)18/h2-9H,10-11H2,1H3,(H2,16,18)(H,17,19). The first-order chi connectivity index (χ1) is 9.63. The lowest BCUT2D eigenvalue weighted by Crippen LogP contribution is -2.11. The van der Waals surface area contributed by atoms with E-state index >= 15 is 0 Å². The van der Waals surface area contributed by atoms with E-state index in [0.717, 1.165) is 10.6 Å². The quantitative estimate of drug-likeness (QED) is 0.461. The molecule has 0 radical (unpaired) electrons. The van der Waals surface area contributed by atoms with Gasteiger partial charge in [0.25, 0.3) is 0 Å². The van der Waals surface area contributed by atoms with Crippen molar-refractivity contribution in [3.63, 3.8) is 0 Å². The largest absolute Gasteiger partial charge is 0.370 e. The average molecular weight is 290 g/mol. The number of benzene rings is 1. The lowest BCUT2D eigenvalue weighted by molar-refractivity contribution is -0.117. The van der Waals surface area contributed by atoms with Crippen molar-refractivity contribution >= 4 is 29.3 Å². The second-order valence-corrected chi connectivity index (χ2v) is 5.07. The van der Waals surface area contributed by atoms with E-state index in [4.69, 9.17) is 5.73 Å². The van der Waals surface area contributed by atoms with Gasteiger partial charge in [-0.2, -0.15) is 0 Å². The van der Waals surface area contributed by atoms with Gasteiger partial charge in [-0.15, -0.1) is 11.8 Å². The summed E-state index contributed by atoms with van der Waals surface area (Å²) < 4.78 is 0. The summed E-state index contributed by atoms with van der Waals surface area (Å²) in [6, 6.07) is 7.46. The number of hydrogen-bond donors (Lipinski definition) is 2. The molecule has 0 aliphatic heterocycles. The van der Waals surface area contributed by atoms with Crippen LogP contribution >= 0.6 is 11.8 Å². The molecule has 0 unspecified atom stereocenters. The number of amides is 2. The predicted octanol–water partition coefficient (Wildman–Crippen LogP) is 2.72. The van der Waals surface area contributed by atoms with Crippen LogP contribution in [-0.4, -0.2) is 17.6 Å². The molecule has 0 fully saturated rings. The van der Waals surface area contributed by atoms with Crippen molar-refractivity contribution in [1.82, 2.24) is 0 Å². The molecule has 0 aliphatic carbocycles. The number of thioether (sulfide) groups is 1. The van der Waals surface area contributed by atoms with E-state index in [-0.39, 0.29) is 11.8 Å². The summed E-state index contributed by atoms with van der Waals surface area (Å²) >= 11 is 1.49. The third-order valence-electron chi connectivity index (χ3n) is 2.30. The minimum Gasteiger partial charge on any atom is -0.370 e.